The number of benzene rings is 2. The highest BCUT2D eigenvalue weighted by Gasteiger charge is 2.15. The molecule has 0 aliphatic heterocycles. The molecule has 0 aromatic heterocycles. The number of hydrogen-bond donors (Lipinski definition) is 0. The van der Waals surface area contributed by atoms with Crippen LogP contribution in [0.4, 0.5) is 5.69 Å². The van der Waals surface area contributed by atoms with E-state index in [1.54, 1.807) is 12.1 Å². The van der Waals surface area contributed by atoms with Gasteiger partial charge in [-0.25, -0.2) is 0 Å². The molecule has 2 aromatic rings. The normalized spacial score (nSPS) is 10.3. The molecular weight excluding hydrogens is 278 g/mol. The fraction of sp³-hybridized carbons (Fsp3) is 0.200. The van der Waals surface area contributed by atoms with Gasteiger partial charge in [-0.3, -0.25) is 10.1 Å². The Balaban J connectivity index is 2.18. The summed E-state index contributed by atoms with van der Waals surface area (Å²) in [7, 11) is 0. The number of alkyl halides is 1. The van der Waals surface area contributed by atoms with E-state index in [9.17, 15) is 10.1 Å². The second-order valence-corrected chi connectivity index (χ2v) is 4.74. The van der Waals surface area contributed by atoms with E-state index < -0.39 is 4.92 Å². The lowest BCUT2D eigenvalue weighted by molar-refractivity contribution is -0.386. The van der Waals surface area contributed by atoms with Gasteiger partial charge in [-0.1, -0.05) is 35.9 Å². The summed E-state index contributed by atoms with van der Waals surface area (Å²) in [5.41, 5.74) is 2.73. The molecule has 0 bridgehead atoms. The summed E-state index contributed by atoms with van der Waals surface area (Å²) in [6.07, 6.45) is 0. The van der Waals surface area contributed by atoms with Gasteiger partial charge in [0.15, 0.2) is 5.75 Å². The second-order valence-electron chi connectivity index (χ2n) is 4.47. The highest BCUT2D eigenvalue weighted by Crippen LogP contribution is 2.29. The zero-order valence-electron chi connectivity index (χ0n) is 11.0. The van der Waals surface area contributed by atoms with Crippen LogP contribution in [0.25, 0.3) is 0 Å². The van der Waals surface area contributed by atoms with Crippen molar-refractivity contribution in [1.82, 2.24) is 0 Å². The van der Waals surface area contributed by atoms with Crippen LogP contribution in [0, 0.1) is 17.0 Å². The predicted molar refractivity (Wildman–Crippen MR) is 78.2 cm³/mol. The largest absolute Gasteiger partial charge is 0.482 e. The summed E-state index contributed by atoms with van der Waals surface area (Å²) < 4.78 is 5.55. The van der Waals surface area contributed by atoms with E-state index in [2.05, 4.69) is 0 Å². The first kappa shape index (κ1) is 14.3. The molecule has 104 valence electrons. The first-order valence-corrected chi connectivity index (χ1v) is 6.65. The van der Waals surface area contributed by atoms with E-state index >= 15 is 0 Å². The maximum Gasteiger partial charge on any atom is 0.311 e. The molecule has 0 spiro atoms. The quantitative estimate of drug-likeness (QED) is 0.471. The van der Waals surface area contributed by atoms with Gasteiger partial charge in [0, 0.05) is 11.9 Å². The van der Waals surface area contributed by atoms with Crippen molar-refractivity contribution >= 4 is 17.3 Å². The van der Waals surface area contributed by atoms with Crippen LogP contribution in [0.1, 0.15) is 16.7 Å². The molecule has 0 amide bonds. The van der Waals surface area contributed by atoms with Crippen molar-refractivity contribution in [2.75, 3.05) is 0 Å². The molecule has 0 aliphatic rings. The zero-order valence-corrected chi connectivity index (χ0v) is 11.8. The monoisotopic (exact) mass is 291 g/mol. The Hall–Kier alpha value is -2.07. The predicted octanol–water partition coefficient (Wildman–Crippen LogP) is 4.22. The van der Waals surface area contributed by atoms with Gasteiger partial charge in [-0.05, 0) is 24.1 Å². The molecule has 0 fully saturated rings. The van der Waals surface area contributed by atoms with Crippen LogP contribution in [-0.4, -0.2) is 4.92 Å². The van der Waals surface area contributed by atoms with Crippen molar-refractivity contribution in [3.8, 4) is 5.75 Å². The van der Waals surface area contributed by atoms with Crippen molar-refractivity contribution < 1.29 is 9.66 Å². The van der Waals surface area contributed by atoms with E-state index in [1.165, 1.54) is 6.07 Å². The standard InChI is InChI=1S/C15H14ClNO3/c1-11-3-2-4-13(7-11)10-20-15-6-5-12(9-16)8-14(15)17(18)19/h2-8H,9-10H2,1H3. The van der Waals surface area contributed by atoms with Crippen LogP contribution in [-0.2, 0) is 12.5 Å². The fourth-order valence-corrected chi connectivity index (χ4v) is 2.04. The summed E-state index contributed by atoms with van der Waals surface area (Å²) in [5.74, 6) is 0.490. The second kappa shape index (κ2) is 6.39. The van der Waals surface area contributed by atoms with Crippen LogP contribution in [0.3, 0.4) is 0 Å². The van der Waals surface area contributed by atoms with E-state index in [0.717, 1.165) is 11.1 Å². The summed E-state index contributed by atoms with van der Waals surface area (Å²) in [5, 5.41) is 11.0. The van der Waals surface area contributed by atoms with Gasteiger partial charge in [0.2, 0.25) is 0 Å². The lowest BCUT2D eigenvalue weighted by atomic mass is 10.1. The highest BCUT2D eigenvalue weighted by atomic mass is 35.5. The minimum atomic E-state index is -0.457. The first-order valence-electron chi connectivity index (χ1n) is 6.12. The number of hydrogen-bond acceptors (Lipinski definition) is 3. The van der Waals surface area contributed by atoms with E-state index in [4.69, 9.17) is 16.3 Å². The molecule has 2 aromatic carbocycles. The van der Waals surface area contributed by atoms with Crippen LogP contribution >= 0.6 is 11.6 Å². The summed E-state index contributed by atoms with van der Waals surface area (Å²) in [6.45, 7) is 2.28. The van der Waals surface area contributed by atoms with E-state index in [-0.39, 0.29) is 17.3 Å². The van der Waals surface area contributed by atoms with E-state index in [1.807, 2.05) is 31.2 Å². The van der Waals surface area contributed by atoms with Gasteiger partial charge in [0.1, 0.15) is 6.61 Å². The summed E-state index contributed by atoms with van der Waals surface area (Å²) in [6, 6.07) is 12.6. The zero-order chi connectivity index (χ0) is 14.5. The van der Waals surface area contributed by atoms with Crippen LogP contribution < -0.4 is 4.74 Å². The smallest absolute Gasteiger partial charge is 0.311 e. The average Bonchev–Trinajstić information content (AvgIpc) is 2.45. The number of nitro groups is 1. The van der Waals surface area contributed by atoms with Crippen LogP contribution in [0.2, 0.25) is 0 Å². The lowest BCUT2D eigenvalue weighted by Crippen LogP contribution is -2.00. The van der Waals surface area contributed by atoms with Crippen molar-refractivity contribution in [2.45, 2.75) is 19.4 Å². The van der Waals surface area contributed by atoms with Gasteiger partial charge < -0.3 is 4.74 Å². The Morgan fingerprint density at radius 1 is 1.20 bits per heavy atom. The molecule has 4 nitrogen and oxygen atoms in total. The van der Waals surface area contributed by atoms with Gasteiger partial charge in [-0.2, -0.15) is 0 Å². The molecule has 0 saturated heterocycles. The third-order valence-corrected chi connectivity index (χ3v) is 3.16. The molecule has 5 heteroatoms. The molecule has 2 rings (SSSR count). The molecule has 0 saturated carbocycles. The molecule has 20 heavy (non-hydrogen) atoms. The molecule has 0 atom stereocenters. The first-order chi connectivity index (χ1) is 9.60. The minimum Gasteiger partial charge on any atom is -0.482 e. The lowest BCUT2D eigenvalue weighted by Gasteiger charge is -2.08. The topological polar surface area (TPSA) is 52.4 Å². The Morgan fingerprint density at radius 2 is 2.00 bits per heavy atom. The van der Waals surface area contributed by atoms with Gasteiger partial charge in [0.25, 0.3) is 0 Å². The van der Waals surface area contributed by atoms with Gasteiger partial charge in [0.05, 0.1) is 4.92 Å². The highest BCUT2D eigenvalue weighted by molar-refractivity contribution is 6.17. The fourth-order valence-electron chi connectivity index (χ4n) is 1.87. The van der Waals surface area contributed by atoms with Crippen molar-refractivity contribution in [2.24, 2.45) is 0 Å². The Morgan fingerprint density at radius 3 is 2.65 bits per heavy atom. The summed E-state index contributed by atoms with van der Waals surface area (Å²) in [4.78, 5) is 10.6. The van der Waals surface area contributed by atoms with Gasteiger partial charge in [-0.15, -0.1) is 11.6 Å². The molecule has 0 unspecified atom stereocenters. The minimum absolute atomic E-state index is 0.0594. The van der Waals surface area contributed by atoms with E-state index in [0.29, 0.717) is 12.2 Å². The Kier molecular flexibility index (Phi) is 4.58. The molecular formula is C15H14ClNO3. The third kappa shape index (κ3) is 3.48. The van der Waals surface area contributed by atoms with Crippen molar-refractivity contribution in [3.63, 3.8) is 0 Å². The maximum atomic E-state index is 11.0. The number of nitro benzene ring substituents is 1. The van der Waals surface area contributed by atoms with Gasteiger partial charge >= 0.3 is 5.69 Å². The third-order valence-electron chi connectivity index (χ3n) is 2.85. The number of halogens is 1. The Labute approximate surface area is 122 Å². The number of rotatable bonds is 5. The summed E-state index contributed by atoms with van der Waals surface area (Å²) >= 11 is 5.68. The molecule has 0 heterocycles. The number of nitrogens with zero attached hydrogens (tertiary/aromatic N) is 1. The Bertz CT molecular complexity index is 628. The number of ether oxygens (including phenoxy) is 1. The van der Waals surface area contributed by atoms with Crippen LogP contribution in [0.5, 0.6) is 5.75 Å². The van der Waals surface area contributed by atoms with Crippen molar-refractivity contribution in [1.29, 1.82) is 0 Å². The average molecular weight is 292 g/mol. The van der Waals surface area contributed by atoms with Crippen molar-refractivity contribution in [3.05, 3.63) is 69.3 Å². The SMILES string of the molecule is Cc1cccc(COc2ccc(CCl)cc2[N+](=O)[O-])c1. The number of aryl methyl sites for hydroxylation is 1. The molecule has 0 radical (unpaired) electrons. The van der Waals surface area contributed by atoms with Crippen LogP contribution in [0.15, 0.2) is 42.5 Å². The maximum absolute atomic E-state index is 11.0. The molecule has 0 aliphatic carbocycles. The molecule has 0 N–H and O–H groups in total.